The van der Waals surface area contributed by atoms with Gasteiger partial charge in [0.15, 0.2) is 0 Å². The average Bonchev–Trinajstić information content (AvgIpc) is 2.61. The minimum atomic E-state index is -5.39. The Bertz CT molecular complexity index is 914. The van der Waals surface area contributed by atoms with Crippen LogP contribution in [0.1, 0.15) is 88.8 Å². The molecule has 0 heterocycles. The Morgan fingerprint density at radius 2 is 0.943 bits per heavy atom. The van der Waals surface area contributed by atoms with E-state index in [-0.39, 0.29) is 99.5 Å². The van der Waals surface area contributed by atoms with E-state index < -0.39 is 7.82 Å². The van der Waals surface area contributed by atoms with Crippen LogP contribution in [0.3, 0.4) is 0 Å². The van der Waals surface area contributed by atoms with Gasteiger partial charge < -0.3 is 29.5 Å². The first kappa shape index (κ1) is 40.6. The van der Waals surface area contributed by atoms with Gasteiger partial charge in [-0.05, 0) is 57.1 Å². The number of aromatic hydroxyl groups is 2. The van der Waals surface area contributed by atoms with Gasteiger partial charge in [-0.3, -0.25) is 0 Å². The number of aryl methyl sites for hydroxylation is 2. The number of rotatable bonds is 4. The Morgan fingerprint density at radius 3 is 1.14 bits per heavy atom. The maximum Gasteiger partial charge on any atom is 1.00 e. The molecular weight excluding hydrogens is 496 g/mol. The third kappa shape index (κ3) is 13.7. The van der Waals surface area contributed by atoms with E-state index in [1.807, 2.05) is 0 Å². The van der Waals surface area contributed by atoms with E-state index in [1.165, 1.54) is 11.1 Å². The smallest absolute Gasteiger partial charge is 0.822 e. The van der Waals surface area contributed by atoms with E-state index in [9.17, 15) is 10.2 Å². The predicted molar refractivity (Wildman–Crippen MR) is 123 cm³/mol. The zero-order valence-electron chi connectivity index (χ0n) is 23.4. The number of benzene rings is 2. The maximum absolute atomic E-state index is 11.0. The molecule has 0 aliphatic carbocycles. The molecule has 0 saturated carbocycles. The van der Waals surface area contributed by atoms with Crippen LogP contribution in [-0.4, -0.2) is 10.2 Å². The largest absolute Gasteiger partial charge is 1.00 e. The molecule has 0 radical (unpaired) electrons. The van der Waals surface area contributed by atoms with E-state index in [4.69, 9.17) is 19.2 Å². The van der Waals surface area contributed by atoms with Crippen LogP contribution in [0.5, 0.6) is 11.5 Å². The van der Waals surface area contributed by atoms with Crippen molar-refractivity contribution >= 4 is 7.82 Å². The van der Waals surface area contributed by atoms with Crippen LogP contribution in [0.15, 0.2) is 24.3 Å². The van der Waals surface area contributed by atoms with Gasteiger partial charge in [0.2, 0.25) is 0 Å². The quantitative estimate of drug-likeness (QED) is 0.299. The van der Waals surface area contributed by atoms with Crippen molar-refractivity contribution in [2.24, 2.45) is 0 Å². The van der Waals surface area contributed by atoms with Gasteiger partial charge >= 0.3 is 88.7 Å². The molecule has 2 N–H and O–H groups in total. The molecule has 0 amide bonds. The monoisotopic (exact) mass is 532 g/mol. The van der Waals surface area contributed by atoms with Gasteiger partial charge in [-0.25, -0.2) is 0 Å². The van der Waals surface area contributed by atoms with Crippen molar-refractivity contribution in [3.63, 3.8) is 0 Å². The van der Waals surface area contributed by atoms with Gasteiger partial charge in [0.05, 0.1) is 0 Å². The maximum atomic E-state index is 11.0. The van der Waals surface area contributed by atoms with Gasteiger partial charge in [0.1, 0.15) is 11.5 Å². The van der Waals surface area contributed by atoms with Crippen LogP contribution in [0.2, 0.25) is 0 Å². The fourth-order valence-corrected chi connectivity index (χ4v) is 3.55. The minimum Gasteiger partial charge on any atom is -0.822 e. The number of hydrogen-bond acceptors (Lipinski definition) is 6. The molecule has 180 valence electrons. The SMILES string of the molecule is CCc1cc(Cc2cc(CC)cc(C(C)(C)C)c2O)c(O)c(C(C)(C)C)c1.O=P([O-])([O-])[O-].[Na+].[Na+].[Na+]. The summed E-state index contributed by atoms with van der Waals surface area (Å²) in [4.78, 5) is 25.6. The van der Waals surface area contributed by atoms with Crippen molar-refractivity contribution < 1.29 is 118 Å². The summed E-state index contributed by atoms with van der Waals surface area (Å²) in [6.07, 6.45) is 2.38. The van der Waals surface area contributed by atoms with Crippen molar-refractivity contribution in [1.82, 2.24) is 0 Å². The van der Waals surface area contributed by atoms with Crippen LogP contribution < -0.4 is 103 Å². The normalized spacial score (nSPS) is 11.3. The standard InChI is InChI=1S/C25H36O2.3Na.H3O4P/c1-9-16-11-18(22(26)20(13-16)24(3,4)5)15-19-12-17(10-2)14-21(23(19)27)25(6,7)8;;;;1-5(2,3)4/h11-14,26-27H,9-10,15H2,1-8H3;;;;(H3,1,2,3,4)/q;3*+1;/p-3. The Hall–Kier alpha value is 1.15. The molecule has 2 rings (SSSR count). The summed E-state index contributed by atoms with van der Waals surface area (Å²) in [5.41, 5.74) is 5.90. The Balaban J connectivity index is -0.00000116. The van der Waals surface area contributed by atoms with E-state index in [2.05, 4.69) is 79.7 Å². The molecule has 0 aliphatic heterocycles. The topological polar surface area (TPSA) is 127 Å². The first-order chi connectivity index (χ1) is 14.4. The molecule has 35 heavy (non-hydrogen) atoms. The van der Waals surface area contributed by atoms with Gasteiger partial charge in [-0.15, -0.1) is 0 Å². The predicted octanol–water partition coefficient (Wildman–Crippen LogP) is -5.40. The molecule has 2 aromatic carbocycles. The molecule has 0 aromatic heterocycles. The zero-order valence-corrected chi connectivity index (χ0v) is 30.3. The van der Waals surface area contributed by atoms with Gasteiger partial charge in [0, 0.05) is 6.42 Å². The first-order valence-electron chi connectivity index (χ1n) is 10.8. The van der Waals surface area contributed by atoms with Gasteiger partial charge in [-0.1, -0.05) is 79.7 Å². The van der Waals surface area contributed by atoms with Crippen LogP contribution >= 0.6 is 7.82 Å². The van der Waals surface area contributed by atoms with Crippen molar-refractivity contribution in [3.05, 3.63) is 57.6 Å². The summed E-state index contributed by atoms with van der Waals surface area (Å²) < 4.78 is 8.55. The molecule has 0 saturated heterocycles. The second-order valence-electron chi connectivity index (χ2n) is 10.1. The van der Waals surface area contributed by atoms with Crippen LogP contribution in [0.4, 0.5) is 0 Å². The zero-order chi connectivity index (χ0) is 25.1. The van der Waals surface area contributed by atoms with Crippen LogP contribution in [-0.2, 0) is 34.7 Å². The molecule has 2 aromatic rings. The van der Waals surface area contributed by atoms with Crippen LogP contribution in [0, 0.1) is 0 Å². The second kappa shape index (κ2) is 16.3. The molecular formula is C25H36Na3O6P. The molecule has 0 atom stereocenters. The Morgan fingerprint density at radius 1 is 0.686 bits per heavy atom. The number of hydrogen-bond donors (Lipinski definition) is 2. The summed E-state index contributed by atoms with van der Waals surface area (Å²) in [5.74, 6) is 0.719. The average molecular weight is 533 g/mol. The molecule has 0 unspecified atom stereocenters. The van der Waals surface area contributed by atoms with E-state index >= 15 is 0 Å². The molecule has 10 heteroatoms. The molecule has 0 fully saturated rings. The van der Waals surface area contributed by atoms with E-state index in [1.54, 1.807) is 0 Å². The Kier molecular flexibility index (Phi) is 18.9. The molecule has 0 spiro atoms. The molecule has 0 aliphatic rings. The summed E-state index contributed by atoms with van der Waals surface area (Å²) >= 11 is 0. The number of phosphoric acid groups is 1. The van der Waals surface area contributed by atoms with Crippen molar-refractivity contribution in [3.8, 4) is 11.5 Å². The van der Waals surface area contributed by atoms with Crippen molar-refractivity contribution in [2.45, 2.75) is 85.5 Å². The van der Waals surface area contributed by atoms with Crippen molar-refractivity contribution in [2.75, 3.05) is 0 Å². The van der Waals surface area contributed by atoms with Crippen molar-refractivity contribution in [1.29, 1.82) is 0 Å². The fourth-order valence-electron chi connectivity index (χ4n) is 3.55. The minimum absolute atomic E-state index is 0. The summed E-state index contributed by atoms with van der Waals surface area (Å²) in [6, 6.07) is 8.39. The van der Waals surface area contributed by atoms with E-state index in [0.717, 1.165) is 35.1 Å². The van der Waals surface area contributed by atoms with Gasteiger partial charge in [-0.2, -0.15) is 7.82 Å². The fraction of sp³-hybridized carbons (Fsp3) is 0.520. The third-order valence-electron chi connectivity index (χ3n) is 5.31. The number of phenols is 2. The summed E-state index contributed by atoms with van der Waals surface area (Å²) in [6.45, 7) is 17.0. The molecule has 0 bridgehead atoms. The molecule has 6 nitrogen and oxygen atoms in total. The first-order valence-corrected chi connectivity index (χ1v) is 12.3. The number of phenolic OH excluding ortho intramolecular Hbond substituents is 2. The Labute approximate surface area is 277 Å². The summed E-state index contributed by atoms with van der Waals surface area (Å²) in [7, 11) is -5.39. The van der Waals surface area contributed by atoms with E-state index in [0.29, 0.717) is 17.9 Å². The second-order valence-corrected chi connectivity index (χ2v) is 11.0. The van der Waals surface area contributed by atoms with Gasteiger partial charge in [0.25, 0.3) is 0 Å². The van der Waals surface area contributed by atoms with Crippen LogP contribution in [0.25, 0.3) is 0 Å². The summed E-state index contributed by atoms with van der Waals surface area (Å²) in [5, 5.41) is 21.9. The third-order valence-corrected chi connectivity index (χ3v) is 5.31.